The Morgan fingerprint density at radius 1 is 0.927 bits per heavy atom. The summed E-state index contributed by atoms with van der Waals surface area (Å²) in [6.07, 6.45) is 2.06. The molecule has 41 heavy (non-hydrogen) atoms. The monoisotopic (exact) mass is 549 g/mol. The summed E-state index contributed by atoms with van der Waals surface area (Å²) in [7, 11) is 0. The van der Waals surface area contributed by atoms with Crippen LogP contribution in [0.2, 0.25) is 0 Å². The first kappa shape index (κ1) is 25.5. The van der Waals surface area contributed by atoms with Crippen molar-refractivity contribution in [3.05, 3.63) is 111 Å². The predicted octanol–water partition coefficient (Wildman–Crippen LogP) is 4.43. The van der Waals surface area contributed by atoms with Gasteiger partial charge >= 0.3 is 0 Å². The molecule has 3 aliphatic rings. The number of nitro groups is 1. The lowest BCUT2D eigenvalue weighted by atomic mass is 9.85. The van der Waals surface area contributed by atoms with Crippen LogP contribution in [0.4, 0.5) is 5.69 Å². The van der Waals surface area contributed by atoms with Gasteiger partial charge < -0.3 is 14.8 Å². The Morgan fingerprint density at radius 3 is 2.46 bits per heavy atom. The van der Waals surface area contributed by atoms with Crippen LogP contribution in [0.5, 0.6) is 0 Å². The SMILES string of the molecule is O=C1[C@@H]2Cc3c([nH]c4ccccc34)[C@@H](c3cccc([N+](=O)[O-])c3)N2C(=O)CN1C1CCN(Cc2ccccc2)CC1. The van der Waals surface area contributed by atoms with E-state index in [0.29, 0.717) is 12.0 Å². The van der Waals surface area contributed by atoms with Gasteiger partial charge in [-0.1, -0.05) is 60.7 Å². The van der Waals surface area contributed by atoms with Gasteiger partial charge in [0.1, 0.15) is 12.6 Å². The largest absolute Gasteiger partial charge is 0.356 e. The van der Waals surface area contributed by atoms with Gasteiger partial charge in [0.15, 0.2) is 0 Å². The third-order valence-corrected chi connectivity index (χ3v) is 8.94. The number of nitro benzene ring substituents is 1. The van der Waals surface area contributed by atoms with E-state index in [4.69, 9.17) is 0 Å². The average molecular weight is 550 g/mol. The van der Waals surface area contributed by atoms with E-state index in [-0.39, 0.29) is 30.1 Å². The summed E-state index contributed by atoms with van der Waals surface area (Å²) >= 11 is 0. The maximum Gasteiger partial charge on any atom is 0.269 e. The number of nitrogens with one attached hydrogen (secondary N) is 1. The molecular weight excluding hydrogens is 518 g/mol. The molecule has 9 nitrogen and oxygen atoms in total. The molecule has 7 rings (SSSR count). The van der Waals surface area contributed by atoms with Gasteiger partial charge in [0.05, 0.1) is 11.0 Å². The number of piperazine rings is 1. The first-order valence-corrected chi connectivity index (χ1v) is 14.2. The highest BCUT2D eigenvalue weighted by atomic mass is 16.6. The standard InChI is InChI=1S/C32H31N5O4/c38-29-20-35(23-13-15-34(16-14-23)19-21-7-2-1-3-8-21)32(39)28-18-26-25-11-4-5-12-27(25)33-30(26)31(36(28)29)22-9-6-10-24(17-22)37(40)41/h1-12,17,23,28,31,33H,13-16,18-20H2/t28-,31+/m0/s1. The number of para-hydroxylation sites is 1. The normalized spacial score (nSPS) is 21.7. The number of amides is 2. The molecule has 2 atom stereocenters. The zero-order chi connectivity index (χ0) is 28.1. The van der Waals surface area contributed by atoms with E-state index >= 15 is 0 Å². The minimum Gasteiger partial charge on any atom is -0.356 e. The first-order valence-electron chi connectivity index (χ1n) is 14.2. The van der Waals surface area contributed by atoms with Crippen LogP contribution in [0.15, 0.2) is 78.9 Å². The highest BCUT2D eigenvalue weighted by Crippen LogP contribution is 2.43. The highest BCUT2D eigenvalue weighted by molar-refractivity contribution is 5.98. The minimum absolute atomic E-state index is 0.0150. The fraction of sp³-hybridized carbons (Fsp3) is 0.312. The van der Waals surface area contributed by atoms with Gasteiger partial charge in [-0.25, -0.2) is 0 Å². The molecule has 2 fully saturated rings. The Kier molecular flexibility index (Phi) is 6.31. The van der Waals surface area contributed by atoms with E-state index in [0.717, 1.165) is 54.6 Å². The van der Waals surface area contributed by atoms with Crippen molar-refractivity contribution in [2.45, 2.75) is 43.9 Å². The molecule has 208 valence electrons. The topological polar surface area (TPSA) is 103 Å². The molecule has 1 aromatic heterocycles. The summed E-state index contributed by atoms with van der Waals surface area (Å²) in [5.41, 5.74) is 4.61. The summed E-state index contributed by atoms with van der Waals surface area (Å²) < 4.78 is 0. The molecule has 0 radical (unpaired) electrons. The van der Waals surface area contributed by atoms with Crippen molar-refractivity contribution >= 4 is 28.4 Å². The van der Waals surface area contributed by atoms with Gasteiger partial charge in [0.25, 0.3) is 5.69 Å². The second kappa shape index (κ2) is 10.2. The fourth-order valence-electron chi connectivity index (χ4n) is 6.98. The molecule has 4 aromatic rings. The van der Waals surface area contributed by atoms with Crippen molar-refractivity contribution in [1.82, 2.24) is 19.7 Å². The van der Waals surface area contributed by atoms with Gasteiger partial charge in [0.2, 0.25) is 11.8 Å². The van der Waals surface area contributed by atoms with Gasteiger partial charge in [-0.2, -0.15) is 0 Å². The van der Waals surface area contributed by atoms with Crippen LogP contribution in [-0.4, -0.2) is 68.1 Å². The first-order chi connectivity index (χ1) is 20.0. The van der Waals surface area contributed by atoms with Crippen molar-refractivity contribution in [2.24, 2.45) is 0 Å². The minimum atomic E-state index is -0.658. The highest BCUT2D eigenvalue weighted by Gasteiger charge is 2.49. The van der Waals surface area contributed by atoms with Crippen LogP contribution in [-0.2, 0) is 22.6 Å². The molecule has 2 saturated heterocycles. The number of H-pyrrole nitrogens is 1. The fourth-order valence-corrected chi connectivity index (χ4v) is 6.98. The van der Waals surface area contributed by atoms with Crippen molar-refractivity contribution in [3.63, 3.8) is 0 Å². The number of carbonyl (C=O) groups excluding carboxylic acids is 2. The Hall–Kier alpha value is -4.50. The van der Waals surface area contributed by atoms with Crippen molar-refractivity contribution in [2.75, 3.05) is 19.6 Å². The van der Waals surface area contributed by atoms with E-state index in [1.54, 1.807) is 11.0 Å². The van der Waals surface area contributed by atoms with E-state index < -0.39 is 17.0 Å². The average Bonchev–Trinajstić information content (AvgIpc) is 3.37. The number of aromatic amines is 1. The Morgan fingerprint density at radius 2 is 1.68 bits per heavy atom. The van der Waals surface area contributed by atoms with Gasteiger partial charge in [-0.3, -0.25) is 24.6 Å². The lowest BCUT2D eigenvalue weighted by molar-refractivity contribution is -0.384. The number of rotatable bonds is 5. The molecule has 9 heteroatoms. The van der Waals surface area contributed by atoms with Crippen LogP contribution >= 0.6 is 0 Å². The van der Waals surface area contributed by atoms with Crippen molar-refractivity contribution < 1.29 is 14.5 Å². The summed E-state index contributed by atoms with van der Waals surface area (Å²) in [5, 5.41) is 12.6. The zero-order valence-electron chi connectivity index (χ0n) is 22.6. The maximum atomic E-state index is 14.2. The van der Waals surface area contributed by atoms with Crippen molar-refractivity contribution in [3.8, 4) is 0 Å². The zero-order valence-corrected chi connectivity index (χ0v) is 22.6. The Balaban J connectivity index is 1.20. The number of fused-ring (bicyclic) bond motifs is 4. The molecule has 0 bridgehead atoms. The molecule has 0 aliphatic carbocycles. The third-order valence-electron chi connectivity index (χ3n) is 8.94. The third kappa shape index (κ3) is 4.46. The molecule has 4 heterocycles. The second-order valence-electron chi connectivity index (χ2n) is 11.3. The molecule has 0 spiro atoms. The molecule has 0 unspecified atom stereocenters. The van der Waals surface area contributed by atoms with Crippen LogP contribution in [0.25, 0.3) is 10.9 Å². The molecule has 0 saturated carbocycles. The number of benzene rings is 3. The Labute approximate surface area is 237 Å². The summed E-state index contributed by atoms with van der Waals surface area (Å²) in [4.78, 5) is 48.7. The number of aromatic nitrogens is 1. The van der Waals surface area contributed by atoms with Crippen molar-refractivity contribution in [1.29, 1.82) is 0 Å². The van der Waals surface area contributed by atoms with Gasteiger partial charge in [-0.15, -0.1) is 0 Å². The van der Waals surface area contributed by atoms with Crippen LogP contribution < -0.4 is 0 Å². The van der Waals surface area contributed by atoms with Crippen LogP contribution in [0, 0.1) is 10.1 Å². The number of likely N-dealkylation sites (tertiary alicyclic amines) is 1. The van der Waals surface area contributed by atoms with E-state index in [1.165, 1.54) is 17.7 Å². The maximum absolute atomic E-state index is 14.2. The number of piperidine rings is 1. The van der Waals surface area contributed by atoms with E-state index in [9.17, 15) is 19.7 Å². The lowest BCUT2D eigenvalue weighted by Gasteiger charge is -2.49. The van der Waals surface area contributed by atoms with Gasteiger partial charge in [0, 0.05) is 60.8 Å². The van der Waals surface area contributed by atoms with Gasteiger partial charge in [-0.05, 0) is 35.6 Å². The molecule has 3 aliphatic heterocycles. The molecule has 2 amide bonds. The summed E-state index contributed by atoms with van der Waals surface area (Å²) in [6.45, 7) is 2.65. The number of hydrogen-bond acceptors (Lipinski definition) is 5. The van der Waals surface area contributed by atoms with Crippen LogP contribution in [0.1, 0.15) is 41.3 Å². The van der Waals surface area contributed by atoms with E-state index in [1.807, 2.05) is 41.3 Å². The quantitative estimate of drug-likeness (QED) is 0.293. The number of hydrogen-bond donors (Lipinski definition) is 1. The summed E-state index contributed by atoms with van der Waals surface area (Å²) in [5.74, 6) is -0.153. The molecule has 3 aromatic carbocycles. The Bertz CT molecular complexity index is 1640. The van der Waals surface area contributed by atoms with E-state index in [2.05, 4.69) is 34.1 Å². The number of non-ortho nitro benzene ring substituents is 1. The molecular formula is C32H31N5O4. The molecule has 1 N–H and O–H groups in total. The number of carbonyl (C=O) groups is 2. The lowest BCUT2D eigenvalue weighted by Crippen LogP contribution is -2.65. The predicted molar refractivity (Wildman–Crippen MR) is 154 cm³/mol. The second-order valence-corrected chi connectivity index (χ2v) is 11.3. The van der Waals surface area contributed by atoms with Crippen LogP contribution in [0.3, 0.4) is 0 Å². The summed E-state index contributed by atoms with van der Waals surface area (Å²) in [6, 6.07) is 23.5. The smallest absolute Gasteiger partial charge is 0.269 e. The number of nitrogens with zero attached hydrogens (tertiary/aromatic N) is 4.